The predicted octanol–water partition coefficient (Wildman–Crippen LogP) is 1.85. The van der Waals surface area contributed by atoms with E-state index in [1.54, 1.807) is 6.33 Å². The second-order valence-corrected chi connectivity index (χ2v) is 5.07. The van der Waals surface area contributed by atoms with E-state index in [1.807, 2.05) is 17.8 Å². The Labute approximate surface area is 101 Å². The van der Waals surface area contributed by atoms with Gasteiger partial charge in [0.25, 0.3) is 0 Å². The highest BCUT2D eigenvalue weighted by Gasteiger charge is 2.21. The van der Waals surface area contributed by atoms with Crippen molar-refractivity contribution in [1.29, 1.82) is 0 Å². The zero-order valence-electron chi connectivity index (χ0n) is 9.81. The van der Waals surface area contributed by atoms with Gasteiger partial charge in [-0.15, -0.1) is 0 Å². The Bertz CT molecular complexity index is 339. The van der Waals surface area contributed by atoms with Crippen LogP contribution in [0, 0.1) is 0 Å². The highest BCUT2D eigenvalue weighted by molar-refractivity contribution is 7.99. The van der Waals surface area contributed by atoms with Crippen molar-refractivity contribution < 1.29 is 0 Å². The summed E-state index contributed by atoms with van der Waals surface area (Å²) in [6.45, 7) is 2.96. The van der Waals surface area contributed by atoms with Crippen molar-refractivity contribution in [1.82, 2.24) is 9.97 Å². The van der Waals surface area contributed by atoms with Gasteiger partial charge < -0.3 is 10.2 Å². The van der Waals surface area contributed by atoms with Gasteiger partial charge in [0, 0.05) is 31.5 Å². The lowest BCUT2D eigenvalue weighted by atomic mass is 10.2. The first-order valence-corrected chi connectivity index (χ1v) is 6.83. The second-order valence-electron chi connectivity index (χ2n) is 3.92. The molecule has 1 saturated heterocycles. The molecular weight excluding hydrogens is 220 g/mol. The molecule has 1 fully saturated rings. The molecule has 0 radical (unpaired) electrons. The first-order valence-electron chi connectivity index (χ1n) is 5.67. The molecule has 0 saturated carbocycles. The maximum atomic E-state index is 4.33. The van der Waals surface area contributed by atoms with Crippen LogP contribution in [-0.2, 0) is 0 Å². The first-order chi connectivity index (χ1) is 7.81. The summed E-state index contributed by atoms with van der Waals surface area (Å²) in [6.07, 6.45) is 2.88. The maximum Gasteiger partial charge on any atom is 0.134 e. The first kappa shape index (κ1) is 11.5. The zero-order valence-corrected chi connectivity index (χ0v) is 10.6. The molecule has 1 aromatic heterocycles. The summed E-state index contributed by atoms with van der Waals surface area (Å²) >= 11 is 2.02. The fraction of sp³-hybridized carbons (Fsp3) is 0.636. The molecule has 1 aliphatic rings. The molecule has 16 heavy (non-hydrogen) atoms. The molecule has 2 rings (SSSR count). The van der Waals surface area contributed by atoms with Crippen LogP contribution < -0.4 is 10.2 Å². The van der Waals surface area contributed by atoms with Gasteiger partial charge in [-0.25, -0.2) is 9.97 Å². The summed E-state index contributed by atoms with van der Waals surface area (Å²) in [5.74, 6) is 4.39. The third kappa shape index (κ3) is 2.58. The molecule has 0 bridgehead atoms. The Hall–Kier alpha value is -0.970. The average molecular weight is 238 g/mol. The molecular formula is C11H18N4S. The Morgan fingerprint density at radius 3 is 3.12 bits per heavy atom. The van der Waals surface area contributed by atoms with Crippen LogP contribution in [-0.4, -0.2) is 41.1 Å². The van der Waals surface area contributed by atoms with E-state index in [0.29, 0.717) is 6.04 Å². The van der Waals surface area contributed by atoms with Gasteiger partial charge in [-0.1, -0.05) is 0 Å². The molecule has 0 spiro atoms. The number of nitrogens with one attached hydrogen (secondary N) is 1. The molecule has 5 heteroatoms. The van der Waals surface area contributed by atoms with E-state index in [1.165, 1.54) is 17.9 Å². The molecule has 0 amide bonds. The summed E-state index contributed by atoms with van der Waals surface area (Å²) in [5.41, 5.74) is 0. The molecule has 1 N–H and O–H groups in total. The van der Waals surface area contributed by atoms with E-state index in [-0.39, 0.29) is 0 Å². The largest absolute Gasteiger partial charge is 0.370 e. The summed E-state index contributed by atoms with van der Waals surface area (Å²) in [6, 6.07) is 2.64. The van der Waals surface area contributed by atoms with Crippen molar-refractivity contribution in [3.8, 4) is 0 Å². The Kier molecular flexibility index (Phi) is 3.88. The molecule has 1 aromatic rings. The number of rotatable bonds is 4. The SMILES string of the molecule is CCNc1cc(N(C)C2CCSC2)ncn1. The van der Waals surface area contributed by atoms with E-state index >= 15 is 0 Å². The monoisotopic (exact) mass is 238 g/mol. The normalized spacial score (nSPS) is 19.8. The number of nitrogens with zero attached hydrogens (tertiary/aromatic N) is 3. The highest BCUT2D eigenvalue weighted by atomic mass is 32.2. The summed E-state index contributed by atoms with van der Waals surface area (Å²) in [5, 5.41) is 3.21. The minimum absolute atomic E-state index is 0.620. The molecule has 4 nitrogen and oxygen atoms in total. The van der Waals surface area contributed by atoms with Gasteiger partial charge in [0.15, 0.2) is 0 Å². The van der Waals surface area contributed by atoms with Crippen LogP contribution in [0.1, 0.15) is 13.3 Å². The molecule has 2 heterocycles. The second kappa shape index (κ2) is 5.39. The van der Waals surface area contributed by atoms with Gasteiger partial charge in [0.2, 0.25) is 0 Å². The summed E-state index contributed by atoms with van der Waals surface area (Å²) in [7, 11) is 2.12. The lowest BCUT2D eigenvalue weighted by Gasteiger charge is -2.24. The topological polar surface area (TPSA) is 41.0 Å². The Morgan fingerprint density at radius 1 is 1.56 bits per heavy atom. The number of anilines is 2. The number of hydrogen-bond donors (Lipinski definition) is 1. The lowest BCUT2D eigenvalue weighted by Crippen LogP contribution is -2.32. The molecule has 1 aliphatic heterocycles. The van der Waals surface area contributed by atoms with Crippen LogP contribution in [0.15, 0.2) is 12.4 Å². The van der Waals surface area contributed by atoms with E-state index < -0.39 is 0 Å². The van der Waals surface area contributed by atoms with Gasteiger partial charge in [0.1, 0.15) is 18.0 Å². The van der Waals surface area contributed by atoms with Crippen LogP contribution in [0.5, 0.6) is 0 Å². The molecule has 0 aliphatic carbocycles. The Morgan fingerprint density at radius 2 is 2.44 bits per heavy atom. The third-order valence-electron chi connectivity index (χ3n) is 2.83. The van der Waals surface area contributed by atoms with Crippen molar-refractivity contribution in [2.75, 3.05) is 35.3 Å². The fourth-order valence-electron chi connectivity index (χ4n) is 1.83. The third-order valence-corrected chi connectivity index (χ3v) is 3.97. The molecule has 88 valence electrons. The van der Waals surface area contributed by atoms with Gasteiger partial charge in [0.05, 0.1) is 0 Å². The van der Waals surface area contributed by atoms with Crippen molar-refractivity contribution >= 4 is 23.4 Å². The van der Waals surface area contributed by atoms with Gasteiger partial charge >= 0.3 is 0 Å². The maximum absolute atomic E-state index is 4.33. The van der Waals surface area contributed by atoms with Gasteiger partial charge in [-0.3, -0.25) is 0 Å². The van der Waals surface area contributed by atoms with Crippen LogP contribution in [0.4, 0.5) is 11.6 Å². The number of thioether (sulfide) groups is 1. The molecule has 1 unspecified atom stereocenters. The number of aromatic nitrogens is 2. The van der Waals surface area contributed by atoms with E-state index in [2.05, 4.69) is 34.2 Å². The summed E-state index contributed by atoms with van der Waals surface area (Å²) < 4.78 is 0. The fourth-order valence-corrected chi connectivity index (χ4v) is 3.10. The average Bonchev–Trinajstić information content (AvgIpc) is 2.82. The zero-order chi connectivity index (χ0) is 11.4. The lowest BCUT2D eigenvalue weighted by molar-refractivity contribution is 0.691. The van der Waals surface area contributed by atoms with Crippen molar-refractivity contribution in [3.63, 3.8) is 0 Å². The quantitative estimate of drug-likeness (QED) is 0.867. The predicted molar refractivity (Wildman–Crippen MR) is 70.3 cm³/mol. The number of hydrogen-bond acceptors (Lipinski definition) is 5. The molecule has 1 atom stereocenters. The standard InChI is InChI=1S/C11H18N4S/c1-3-12-10-6-11(14-8-13-10)15(2)9-4-5-16-7-9/h6,8-9H,3-5,7H2,1-2H3,(H,12,13,14). The minimum atomic E-state index is 0.620. The van der Waals surface area contributed by atoms with Crippen molar-refractivity contribution in [2.45, 2.75) is 19.4 Å². The molecule has 0 aromatic carbocycles. The van der Waals surface area contributed by atoms with Gasteiger partial charge in [-0.2, -0.15) is 11.8 Å². The van der Waals surface area contributed by atoms with E-state index in [4.69, 9.17) is 0 Å². The Balaban J connectivity index is 2.09. The van der Waals surface area contributed by atoms with Crippen molar-refractivity contribution in [3.05, 3.63) is 12.4 Å². The van der Waals surface area contributed by atoms with Crippen LogP contribution in [0.25, 0.3) is 0 Å². The smallest absolute Gasteiger partial charge is 0.134 e. The van der Waals surface area contributed by atoms with Crippen LogP contribution in [0.3, 0.4) is 0 Å². The van der Waals surface area contributed by atoms with Crippen LogP contribution >= 0.6 is 11.8 Å². The summed E-state index contributed by atoms with van der Waals surface area (Å²) in [4.78, 5) is 10.8. The van der Waals surface area contributed by atoms with E-state index in [0.717, 1.165) is 18.2 Å². The van der Waals surface area contributed by atoms with Crippen molar-refractivity contribution in [2.24, 2.45) is 0 Å². The van der Waals surface area contributed by atoms with E-state index in [9.17, 15) is 0 Å². The van der Waals surface area contributed by atoms with Gasteiger partial charge in [-0.05, 0) is 19.1 Å². The van der Waals surface area contributed by atoms with Crippen LogP contribution in [0.2, 0.25) is 0 Å². The highest BCUT2D eigenvalue weighted by Crippen LogP contribution is 2.25. The minimum Gasteiger partial charge on any atom is -0.370 e.